The van der Waals surface area contributed by atoms with Crippen LogP contribution in [0.15, 0.2) is 45.3 Å². The van der Waals surface area contributed by atoms with Crippen LogP contribution in [0.3, 0.4) is 0 Å². The number of thioether (sulfide) groups is 2. The van der Waals surface area contributed by atoms with Crippen molar-refractivity contribution in [1.29, 1.82) is 5.26 Å². The maximum Gasteiger partial charge on any atom is 0.157 e. The molecular weight excluding hydrogens is 374 g/mol. The van der Waals surface area contributed by atoms with Crippen LogP contribution in [0.5, 0.6) is 0 Å². The molecule has 0 unspecified atom stereocenters. The Morgan fingerprint density at radius 1 is 1.48 bits per heavy atom. The third-order valence-corrected chi connectivity index (χ3v) is 5.22. The lowest BCUT2D eigenvalue weighted by Gasteiger charge is -2.23. The van der Waals surface area contributed by atoms with Gasteiger partial charge in [-0.25, -0.2) is 0 Å². The van der Waals surface area contributed by atoms with E-state index in [9.17, 15) is 5.26 Å². The topological polar surface area (TPSA) is 91.4 Å². The van der Waals surface area contributed by atoms with E-state index >= 15 is 0 Å². The van der Waals surface area contributed by atoms with Gasteiger partial charge in [0.2, 0.25) is 0 Å². The van der Waals surface area contributed by atoms with E-state index in [0.717, 1.165) is 15.5 Å². The van der Waals surface area contributed by atoms with Gasteiger partial charge >= 0.3 is 0 Å². The van der Waals surface area contributed by atoms with Crippen molar-refractivity contribution in [1.82, 2.24) is 5.01 Å². The van der Waals surface area contributed by atoms with Gasteiger partial charge < -0.3 is 11.5 Å². The van der Waals surface area contributed by atoms with Crippen molar-refractivity contribution in [2.75, 3.05) is 7.05 Å². The first-order chi connectivity index (χ1) is 11.9. The molecule has 2 rings (SSSR count). The molecule has 0 aromatic heterocycles. The molecule has 1 heterocycles. The summed E-state index contributed by atoms with van der Waals surface area (Å²) in [6, 6.07) is 8.09. The second-order valence-electron chi connectivity index (χ2n) is 4.83. The van der Waals surface area contributed by atoms with Gasteiger partial charge in [-0.05, 0) is 35.9 Å². The van der Waals surface area contributed by atoms with Crippen molar-refractivity contribution in [3.8, 4) is 6.07 Å². The summed E-state index contributed by atoms with van der Waals surface area (Å²) in [4.78, 5) is 0. The first kappa shape index (κ1) is 21.3. The molecule has 0 radical (unpaired) electrons. The summed E-state index contributed by atoms with van der Waals surface area (Å²) < 4.78 is 0.805. The molecular formula is C17H22ClN5S2. The minimum Gasteiger partial charge on any atom is -0.391 e. The number of aryl methyl sites for hydroxylation is 1. The number of benzene rings is 1. The van der Waals surface area contributed by atoms with Crippen LogP contribution in [-0.2, 0) is 5.75 Å². The maximum absolute atomic E-state index is 9.22. The molecule has 25 heavy (non-hydrogen) atoms. The summed E-state index contributed by atoms with van der Waals surface area (Å²) in [6.45, 7) is 5.97. The molecule has 134 valence electrons. The van der Waals surface area contributed by atoms with E-state index in [-0.39, 0.29) is 5.16 Å². The number of nitrogens with two attached hydrogens (primary N) is 2. The lowest BCUT2D eigenvalue weighted by Crippen LogP contribution is -2.20. The summed E-state index contributed by atoms with van der Waals surface area (Å²) in [5, 5.41) is 16.0. The van der Waals surface area contributed by atoms with Crippen molar-refractivity contribution < 1.29 is 0 Å². The van der Waals surface area contributed by atoms with E-state index in [1.807, 2.05) is 39.0 Å². The lowest BCUT2D eigenvalue weighted by molar-refractivity contribution is 0.459. The fourth-order valence-corrected chi connectivity index (χ4v) is 4.06. The highest BCUT2D eigenvalue weighted by molar-refractivity contribution is 8.40. The highest BCUT2D eigenvalue weighted by Gasteiger charge is 2.18. The molecule has 0 fully saturated rings. The Hall–Kier alpha value is -1.75. The van der Waals surface area contributed by atoms with Gasteiger partial charge in [-0.3, -0.25) is 5.01 Å². The van der Waals surface area contributed by atoms with Gasteiger partial charge in [0.1, 0.15) is 5.16 Å². The number of nitriles is 1. The SMILES string of the molecule is CC.Cc1ccc(CSC2=NN(C)C(/C=C(\N)Cl)=C(N)S2)c(C#N)c1. The molecule has 1 aliphatic rings. The van der Waals surface area contributed by atoms with Crippen LogP contribution in [0, 0.1) is 18.3 Å². The molecule has 4 N–H and O–H groups in total. The number of allylic oxidation sites excluding steroid dienone is 1. The van der Waals surface area contributed by atoms with Gasteiger partial charge in [0, 0.05) is 18.9 Å². The van der Waals surface area contributed by atoms with Crippen molar-refractivity contribution in [3.63, 3.8) is 0 Å². The van der Waals surface area contributed by atoms with E-state index in [1.54, 1.807) is 18.1 Å². The second-order valence-corrected chi connectivity index (χ2v) is 7.52. The van der Waals surface area contributed by atoms with Crippen molar-refractivity contribution in [2.45, 2.75) is 26.5 Å². The monoisotopic (exact) mass is 395 g/mol. The molecule has 0 amide bonds. The second kappa shape index (κ2) is 10.3. The Balaban J connectivity index is 0.00000151. The van der Waals surface area contributed by atoms with Crippen molar-refractivity contribution in [2.24, 2.45) is 16.6 Å². The van der Waals surface area contributed by atoms with E-state index in [0.29, 0.717) is 22.0 Å². The fourth-order valence-electron chi connectivity index (χ4n) is 1.92. The highest BCUT2D eigenvalue weighted by atomic mass is 35.5. The molecule has 5 nitrogen and oxygen atoms in total. The molecule has 0 bridgehead atoms. The summed E-state index contributed by atoms with van der Waals surface area (Å²) in [6.07, 6.45) is 1.57. The van der Waals surface area contributed by atoms with E-state index in [2.05, 4.69) is 11.2 Å². The summed E-state index contributed by atoms with van der Waals surface area (Å²) in [5.74, 6) is 0.652. The average molecular weight is 396 g/mol. The molecule has 1 aliphatic heterocycles. The van der Waals surface area contributed by atoms with E-state index in [4.69, 9.17) is 23.1 Å². The smallest absolute Gasteiger partial charge is 0.157 e. The predicted octanol–water partition coefficient (Wildman–Crippen LogP) is 4.24. The zero-order chi connectivity index (χ0) is 19.0. The quantitative estimate of drug-likeness (QED) is 0.743. The summed E-state index contributed by atoms with van der Waals surface area (Å²) in [5.41, 5.74) is 14.9. The van der Waals surface area contributed by atoms with Gasteiger partial charge in [-0.1, -0.05) is 49.3 Å². The van der Waals surface area contributed by atoms with Crippen molar-refractivity contribution >= 4 is 39.5 Å². The van der Waals surface area contributed by atoms with Gasteiger partial charge in [0.25, 0.3) is 0 Å². The number of hydrazone groups is 1. The number of halogens is 1. The standard InChI is InChI=1S/C15H16ClN5S2.C2H6/c1-9-3-4-10(11(5-9)7-17)8-22-15-20-21(2)12(6-13(16)18)14(19)23-15;1-2/h3-6H,8,18-19H2,1-2H3;1-2H3/b13-6-;. The minimum absolute atomic E-state index is 0.153. The van der Waals surface area contributed by atoms with Crippen LogP contribution in [0.2, 0.25) is 0 Å². The Morgan fingerprint density at radius 3 is 2.72 bits per heavy atom. The van der Waals surface area contributed by atoms with Crippen LogP contribution >= 0.6 is 35.1 Å². The first-order valence-electron chi connectivity index (χ1n) is 7.65. The van der Waals surface area contributed by atoms with Crippen molar-refractivity contribution in [3.05, 3.63) is 56.8 Å². The Morgan fingerprint density at radius 2 is 2.16 bits per heavy atom. The first-order valence-corrected chi connectivity index (χ1v) is 9.83. The van der Waals surface area contributed by atoms with Crippen LogP contribution in [0.25, 0.3) is 0 Å². The Bertz CT molecular complexity index is 746. The molecule has 0 saturated carbocycles. The number of hydrogen-bond acceptors (Lipinski definition) is 7. The molecule has 1 aromatic rings. The van der Waals surface area contributed by atoms with Crippen LogP contribution in [0.1, 0.15) is 30.5 Å². The number of rotatable bonds is 3. The fraction of sp³-hybridized carbons (Fsp3) is 0.294. The zero-order valence-corrected chi connectivity index (χ0v) is 17.1. The van der Waals surface area contributed by atoms with Gasteiger partial charge in [-0.2, -0.15) is 10.4 Å². The molecule has 8 heteroatoms. The molecule has 0 saturated heterocycles. The van der Waals surface area contributed by atoms with Crippen LogP contribution in [0.4, 0.5) is 0 Å². The molecule has 0 spiro atoms. The lowest BCUT2D eigenvalue weighted by atomic mass is 10.1. The van der Waals surface area contributed by atoms with Crippen LogP contribution < -0.4 is 11.5 Å². The third kappa shape index (κ3) is 6.24. The van der Waals surface area contributed by atoms with E-state index in [1.165, 1.54) is 23.5 Å². The average Bonchev–Trinajstić information content (AvgIpc) is 2.58. The molecule has 0 atom stereocenters. The van der Waals surface area contributed by atoms with E-state index < -0.39 is 0 Å². The third-order valence-electron chi connectivity index (χ3n) is 3.04. The molecule has 0 aliphatic carbocycles. The largest absolute Gasteiger partial charge is 0.391 e. The zero-order valence-electron chi connectivity index (χ0n) is 14.7. The van der Waals surface area contributed by atoms with Gasteiger partial charge in [0.15, 0.2) is 4.38 Å². The van der Waals surface area contributed by atoms with Crippen LogP contribution in [-0.4, -0.2) is 16.4 Å². The van der Waals surface area contributed by atoms with Gasteiger partial charge in [-0.15, -0.1) is 0 Å². The predicted molar refractivity (Wildman–Crippen MR) is 111 cm³/mol. The minimum atomic E-state index is 0.153. The van der Waals surface area contributed by atoms with Gasteiger partial charge in [0.05, 0.1) is 22.4 Å². The number of likely N-dealkylation sites (N-methyl/N-ethyl adjacent to an activating group) is 1. The maximum atomic E-state index is 9.22. The molecule has 1 aromatic carbocycles. The summed E-state index contributed by atoms with van der Waals surface area (Å²) in [7, 11) is 1.78. The normalized spacial score (nSPS) is 14.5. The Kier molecular flexibility index (Phi) is 8.76. The summed E-state index contributed by atoms with van der Waals surface area (Å²) >= 11 is 8.59. The highest BCUT2D eigenvalue weighted by Crippen LogP contribution is 2.33. The number of hydrogen-bond donors (Lipinski definition) is 2. The Labute approximate surface area is 162 Å². The number of nitrogens with zero attached hydrogens (tertiary/aromatic N) is 3.